The molecule has 3 nitrogen and oxygen atoms in total. The highest BCUT2D eigenvalue weighted by Gasteiger charge is 2.35. The summed E-state index contributed by atoms with van der Waals surface area (Å²) in [4.78, 5) is 2.44. The van der Waals surface area contributed by atoms with Crippen LogP contribution in [0, 0.1) is 0 Å². The third kappa shape index (κ3) is 4.02. The van der Waals surface area contributed by atoms with E-state index < -0.39 is 6.67 Å². The second-order valence-corrected chi connectivity index (χ2v) is 7.70. The predicted octanol–water partition coefficient (Wildman–Crippen LogP) is 3.74. The Hall–Kier alpha value is -1.91. The first-order valence-corrected chi connectivity index (χ1v) is 10.0. The van der Waals surface area contributed by atoms with Gasteiger partial charge in [0.25, 0.3) is 0 Å². The summed E-state index contributed by atoms with van der Waals surface area (Å²) in [6.07, 6.45) is 3.31. The molecular weight excluding hydrogens is 341 g/mol. The van der Waals surface area contributed by atoms with Gasteiger partial charge >= 0.3 is 0 Å². The molecule has 2 aromatic carbocycles. The smallest absolute Gasteiger partial charge is 0.123 e. The van der Waals surface area contributed by atoms with E-state index in [0.717, 1.165) is 49.2 Å². The second-order valence-electron chi connectivity index (χ2n) is 7.70. The number of rotatable bonds is 5. The Balaban J connectivity index is 1.45. The Bertz CT molecular complexity index is 743. The van der Waals surface area contributed by atoms with Crippen molar-refractivity contribution in [2.45, 2.75) is 43.7 Å². The number of piperidine rings is 1. The lowest BCUT2D eigenvalue weighted by molar-refractivity contribution is 0.0289. The van der Waals surface area contributed by atoms with Crippen LogP contribution in [0.5, 0.6) is 5.75 Å². The van der Waals surface area contributed by atoms with Gasteiger partial charge in [-0.15, -0.1) is 0 Å². The lowest BCUT2D eigenvalue weighted by atomic mass is 9.82. The zero-order valence-corrected chi connectivity index (χ0v) is 15.7. The van der Waals surface area contributed by atoms with Crippen molar-refractivity contribution in [3.63, 3.8) is 0 Å². The molecular formula is C23H28FNO2. The van der Waals surface area contributed by atoms with E-state index >= 15 is 0 Å². The minimum absolute atomic E-state index is 0.0894. The second kappa shape index (κ2) is 8.41. The summed E-state index contributed by atoms with van der Waals surface area (Å²) < 4.78 is 18.2. The van der Waals surface area contributed by atoms with Gasteiger partial charge in [0.05, 0.1) is 6.10 Å². The molecule has 2 aromatic rings. The minimum Gasteiger partial charge on any atom is -0.491 e. The molecule has 1 aliphatic heterocycles. The summed E-state index contributed by atoms with van der Waals surface area (Å²) in [6, 6.07) is 16.8. The van der Waals surface area contributed by atoms with Crippen LogP contribution in [0.4, 0.5) is 4.39 Å². The Morgan fingerprint density at radius 2 is 1.78 bits per heavy atom. The molecule has 27 heavy (non-hydrogen) atoms. The van der Waals surface area contributed by atoms with E-state index in [2.05, 4.69) is 41.3 Å². The normalized spacial score (nSPS) is 23.8. The van der Waals surface area contributed by atoms with Crippen molar-refractivity contribution in [3.8, 4) is 5.75 Å². The first kappa shape index (κ1) is 18.5. The zero-order valence-electron chi connectivity index (χ0n) is 15.7. The van der Waals surface area contributed by atoms with Crippen LogP contribution in [0.3, 0.4) is 0 Å². The summed E-state index contributed by atoms with van der Waals surface area (Å²) in [5.41, 5.74) is 3.70. The molecule has 1 aliphatic carbocycles. The monoisotopic (exact) mass is 369 g/mol. The number of benzene rings is 2. The summed E-state index contributed by atoms with van der Waals surface area (Å²) in [6.45, 7) is 1.61. The third-order valence-electron chi connectivity index (χ3n) is 6.12. The summed E-state index contributed by atoms with van der Waals surface area (Å²) >= 11 is 0. The number of aliphatic hydroxyl groups excluding tert-OH is 1. The molecule has 0 radical (unpaired) electrons. The van der Waals surface area contributed by atoms with Crippen LogP contribution in [0.15, 0.2) is 48.5 Å². The number of hydrogen-bond acceptors (Lipinski definition) is 3. The predicted molar refractivity (Wildman–Crippen MR) is 105 cm³/mol. The molecule has 0 aromatic heterocycles. The molecule has 0 saturated carbocycles. The number of halogens is 1. The van der Waals surface area contributed by atoms with Gasteiger partial charge in [0.1, 0.15) is 19.0 Å². The molecule has 2 atom stereocenters. The van der Waals surface area contributed by atoms with E-state index in [9.17, 15) is 9.50 Å². The highest BCUT2D eigenvalue weighted by molar-refractivity contribution is 5.43. The molecule has 1 saturated heterocycles. The zero-order chi connectivity index (χ0) is 18.6. The van der Waals surface area contributed by atoms with Crippen LogP contribution in [-0.4, -0.2) is 48.5 Å². The maximum absolute atomic E-state index is 12.5. The lowest BCUT2D eigenvalue weighted by Gasteiger charge is -2.42. The van der Waals surface area contributed by atoms with E-state index in [4.69, 9.17) is 4.74 Å². The van der Waals surface area contributed by atoms with E-state index in [1.807, 2.05) is 12.1 Å². The highest BCUT2D eigenvalue weighted by atomic mass is 19.1. The Morgan fingerprint density at radius 1 is 1.00 bits per heavy atom. The first-order chi connectivity index (χ1) is 13.3. The maximum Gasteiger partial charge on any atom is 0.123 e. The van der Waals surface area contributed by atoms with Crippen molar-refractivity contribution in [3.05, 3.63) is 65.2 Å². The third-order valence-corrected chi connectivity index (χ3v) is 6.12. The van der Waals surface area contributed by atoms with Gasteiger partial charge in [-0.25, -0.2) is 4.39 Å². The van der Waals surface area contributed by atoms with Crippen molar-refractivity contribution < 1.29 is 14.2 Å². The van der Waals surface area contributed by atoms with Gasteiger partial charge in [0.2, 0.25) is 0 Å². The van der Waals surface area contributed by atoms with Crippen molar-refractivity contribution in [2.24, 2.45) is 0 Å². The average Bonchev–Trinajstić information content (AvgIpc) is 2.72. The van der Waals surface area contributed by atoms with Gasteiger partial charge in [0.15, 0.2) is 0 Å². The fourth-order valence-corrected chi connectivity index (χ4v) is 4.69. The molecule has 0 unspecified atom stereocenters. The molecule has 0 spiro atoms. The van der Waals surface area contributed by atoms with Crippen LogP contribution in [0.25, 0.3) is 0 Å². The standard InChI is InChI=1S/C23H28FNO2/c24-11-14-27-23-8-4-7-19-15-22(26)21(16-20(19)23)25-12-9-18(10-13-25)17-5-2-1-3-6-17/h1-8,18,21-22,26H,9-16H2/t21-,22-/m0/s1. The van der Waals surface area contributed by atoms with Crippen LogP contribution in [0.2, 0.25) is 0 Å². The number of alkyl halides is 1. The molecule has 0 amide bonds. The molecule has 2 aliphatic rings. The maximum atomic E-state index is 12.5. The molecule has 4 rings (SSSR count). The van der Waals surface area contributed by atoms with Gasteiger partial charge in [-0.1, -0.05) is 42.5 Å². The van der Waals surface area contributed by atoms with Gasteiger partial charge in [0, 0.05) is 12.5 Å². The Labute approximate surface area is 160 Å². The molecule has 0 bridgehead atoms. The summed E-state index contributed by atoms with van der Waals surface area (Å²) in [5, 5.41) is 10.8. The molecule has 1 heterocycles. The van der Waals surface area contributed by atoms with Crippen LogP contribution < -0.4 is 4.74 Å². The van der Waals surface area contributed by atoms with Crippen molar-refractivity contribution >= 4 is 0 Å². The van der Waals surface area contributed by atoms with Gasteiger partial charge in [-0.3, -0.25) is 4.90 Å². The van der Waals surface area contributed by atoms with Crippen molar-refractivity contribution in [2.75, 3.05) is 26.4 Å². The first-order valence-electron chi connectivity index (χ1n) is 10.0. The van der Waals surface area contributed by atoms with Crippen LogP contribution in [0.1, 0.15) is 35.4 Å². The van der Waals surface area contributed by atoms with E-state index in [1.165, 1.54) is 5.56 Å². The lowest BCUT2D eigenvalue weighted by Crippen LogP contribution is -2.51. The molecule has 144 valence electrons. The van der Waals surface area contributed by atoms with Crippen LogP contribution in [-0.2, 0) is 12.8 Å². The minimum atomic E-state index is -0.483. The molecule has 1 N–H and O–H groups in total. The topological polar surface area (TPSA) is 32.7 Å². The number of fused-ring (bicyclic) bond motifs is 1. The average molecular weight is 369 g/mol. The van der Waals surface area contributed by atoms with E-state index in [0.29, 0.717) is 12.3 Å². The van der Waals surface area contributed by atoms with Gasteiger partial charge in [-0.05, 0) is 61.0 Å². The number of ether oxygens (including phenoxy) is 1. The van der Waals surface area contributed by atoms with Crippen LogP contribution >= 0.6 is 0 Å². The van der Waals surface area contributed by atoms with Gasteiger partial charge < -0.3 is 9.84 Å². The number of aliphatic hydroxyl groups is 1. The Kier molecular flexibility index (Phi) is 5.74. The fourth-order valence-electron chi connectivity index (χ4n) is 4.69. The quantitative estimate of drug-likeness (QED) is 0.871. The van der Waals surface area contributed by atoms with E-state index in [-0.39, 0.29) is 18.8 Å². The number of hydrogen-bond donors (Lipinski definition) is 1. The number of nitrogens with zero attached hydrogens (tertiary/aromatic N) is 1. The Morgan fingerprint density at radius 3 is 2.52 bits per heavy atom. The molecule has 1 fully saturated rings. The van der Waals surface area contributed by atoms with Gasteiger partial charge in [-0.2, -0.15) is 0 Å². The highest BCUT2D eigenvalue weighted by Crippen LogP contribution is 2.35. The van der Waals surface area contributed by atoms with Crippen molar-refractivity contribution in [1.82, 2.24) is 4.90 Å². The van der Waals surface area contributed by atoms with Crippen molar-refractivity contribution in [1.29, 1.82) is 0 Å². The fraction of sp³-hybridized carbons (Fsp3) is 0.478. The summed E-state index contributed by atoms with van der Waals surface area (Å²) in [5.74, 6) is 1.39. The van der Waals surface area contributed by atoms with E-state index in [1.54, 1.807) is 0 Å². The SMILES string of the molecule is O[C@H]1Cc2cccc(OCCF)c2C[C@@H]1N1CCC(c2ccccc2)CC1. The molecule has 4 heteroatoms. The summed E-state index contributed by atoms with van der Waals surface area (Å²) in [7, 11) is 0. The largest absolute Gasteiger partial charge is 0.491 e. The number of likely N-dealkylation sites (tertiary alicyclic amines) is 1.